The van der Waals surface area contributed by atoms with Crippen LogP contribution in [-0.4, -0.2) is 9.55 Å². The van der Waals surface area contributed by atoms with Crippen LogP contribution in [0.5, 0.6) is 0 Å². The van der Waals surface area contributed by atoms with E-state index < -0.39 is 41.0 Å². The van der Waals surface area contributed by atoms with Crippen LogP contribution < -0.4 is 11.3 Å². The summed E-state index contributed by atoms with van der Waals surface area (Å²) in [5.41, 5.74) is -2.40. The van der Waals surface area contributed by atoms with Gasteiger partial charge in [-0.2, -0.15) is 13.2 Å². The molecule has 0 fully saturated rings. The highest BCUT2D eigenvalue weighted by molar-refractivity contribution is 5.74. The molecule has 24 heavy (non-hydrogen) atoms. The summed E-state index contributed by atoms with van der Waals surface area (Å²) in [6.07, 6.45) is -3.54. The molecular formula is C15H10F4N2O3. The van der Waals surface area contributed by atoms with Crippen molar-refractivity contribution in [1.82, 2.24) is 9.55 Å². The maximum Gasteiger partial charge on any atom is 0.417 e. The molecule has 3 rings (SSSR count). The number of pyridine rings is 1. The predicted molar refractivity (Wildman–Crippen MR) is 76.3 cm³/mol. The standard InChI is InChI=1S/C15H10F4N2O3/c1-7-5-21(13(22)11-12(7)24-14(23)20-11)6-8-9(15(17,18)19)3-2-4-10(8)16/h2-5H,6H2,1H3,(H,20,23). The van der Waals surface area contributed by atoms with Gasteiger partial charge in [-0.1, -0.05) is 6.07 Å². The number of hydrogen-bond donors (Lipinski definition) is 1. The molecule has 126 valence electrons. The fourth-order valence-corrected chi connectivity index (χ4v) is 2.52. The minimum Gasteiger partial charge on any atom is -0.407 e. The van der Waals surface area contributed by atoms with Gasteiger partial charge >= 0.3 is 11.9 Å². The Morgan fingerprint density at radius 1 is 1.25 bits per heavy atom. The number of hydrogen-bond acceptors (Lipinski definition) is 3. The first-order valence-corrected chi connectivity index (χ1v) is 6.76. The molecule has 0 saturated carbocycles. The number of oxazole rings is 1. The zero-order valence-corrected chi connectivity index (χ0v) is 12.2. The zero-order chi connectivity index (χ0) is 17.6. The number of aromatic nitrogens is 2. The smallest absolute Gasteiger partial charge is 0.407 e. The average molecular weight is 342 g/mol. The Labute approximate surface area is 131 Å². The largest absolute Gasteiger partial charge is 0.417 e. The summed E-state index contributed by atoms with van der Waals surface area (Å²) in [4.78, 5) is 25.7. The number of alkyl halides is 3. The number of aryl methyl sites for hydroxylation is 1. The second-order valence-corrected chi connectivity index (χ2v) is 5.23. The van der Waals surface area contributed by atoms with Gasteiger partial charge in [-0.15, -0.1) is 0 Å². The lowest BCUT2D eigenvalue weighted by Gasteiger charge is -2.15. The molecule has 0 spiro atoms. The van der Waals surface area contributed by atoms with Gasteiger partial charge in [-0.3, -0.25) is 9.78 Å². The third-order valence-electron chi connectivity index (χ3n) is 3.58. The summed E-state index contributed by atoms with van der Waals surface area (Å²) in [5.74, 6) is -1.93. The summed E-state index contributed by atoms with van der Waals surface area (Å²) in [6, 6.07) is 2.59. The van der Waals surface area contributed by atoms with Crippen LogP contribution in [0.4, 0.5) is 17.6 Å². The van der Waals surface area contributed by atoms with Crippen LogP contribution in [0.25, 0.3) is 11.1 Å². The Bertz CT molecular complexity index is 1040. The molecule has 1 N–H and O–H groups in total. The van der Waals surface area contributed by atoms with E-state index in [0.717, 1.165) is 22.8 Å². The molecule has 0 aliphatic heterocycles. The van der Waals surface area contributed by atoms with E-state index in [2.05, 4.69) is 4.98 Å². The van der Waals surface area contributed by atoms with Crippen molar-refractivity contribution in [1.29, 1.82) is 0 Å². The van der Waals surface area contributed by atoms with Gasteiger partial charge in [0.25, 0.3) is 5.56 Å². The number of nitrogens with zero attached hydrogens (tertiary/aromatic N) is 1. The number of halogens is 4. The lowest BCUT2D eigenvalue weighted by molar-refractivity contribution is -0.138. The Morgan fingerprint density at radius 3 is 2.62 bits per heavy atom. The second kappa shape index (κ2) is 5.36. The van der Waals surface area contributed by atoms with Gasteiger partial charge in [0.05, 0.1) is 12.1 Å². The number of rotatable bonds is 2. The minimum absolute atomic E-state index is 0.0193. The van der Waals surface area contributed by atoms with E-state index in [1.54, 1.807) is 0 Å². The topological polar surface area (TPSA) is 68.0 Å². The van der Waals surface area contributed by atoms with Crippen LogP contribution in [0, 0.1) is 12.7 Å². The van der Waals surface area contributed by atoms with E-state index in [0.29, 0.717) is 5.56 Å². The molecule has 0 aliphatic rings. The monoisotopic (exact) mass is 342 g/mol. The van der Waals surface area contributed by atoms with Crippen molar-refractivity contribution in [3.63, 3.8) is 0 Å². The summed E-state index contributed by atoms with van der Waals surface area (Å²) < 4.78 is 58.8. The van der Waals surface area contributed by atoms with Gasteiger partial charge < -0.3 is 8.98 Å². The highest BCUT2D eigenvalue weighted by atomic mass is 19.4. The molecule has 0 bridgehead atoms. The van der Waals surface area contributed by atoms with E-state index in [9.17, 15) is 27.2 Å². The first kappa shape index (κ1) is 16.0. The quantitative estimate of drug-likeness (QED) is 0.728. The molecule has 5 nitrogen and oxygen atoms in total. The van der Waals surface area contributed by atoms with E-state index in [-0.39, 0.29) is 11.1 Å². The maximum atomic E-state index is 13.9. The van der Waals surface area contributed by atoms with E-state index in [1.807, 2.05) is 0 Å². The molecule has 2 heterocycles. The van der Waals surface area contributed by atoms with Crippen molar-refractivity contribution in [2.45, 2.75) is 19.6 Å². The third kappa shape index (κ3) is 2.61. The Morgan fingerprint density at radius 2 is 1.96 bits per heavy atom. The molecule has 0 saturated heterocycles. The van der Waals surface area contributed by atoms with Gasteiger partial charge in [0.15, 0.2) is 11.1 Å². The SMILES string of the molecule is Cc1cn(Cc2c(F)cccc2C(F)(F)F)c(=O)c2[nH]c(=O)oc12. The first-order valence-electron chi connectivity index (χ1n) is 6.76. The van der Waals surface area contributed by atoms with Crippen molar-refractivity contribution in [3.8, 4) is 0 Å². The van der Waals surface area contributed by atoms with Crippen LogP contribution in [0.15, 0.2) is 38.4 Å². The van der Waals surface area contributed by atoms with Crippen LogP contribution in [0.3, 0.4) is 0 Å². The summed E-state index contributed by atoms with van der Waals surface area (Å²) in [6.45, 7) is 0.880. The number of fused-ring (bicyclic) bond motifs is 1. The molecule has 0 unspecified atom stereocenters. The maximum absolute atomic E-state index is 13.9. The second-order valence-electron chi connectivity index (χ2n) is 5.23. The molecule has 0 amide bonds. The van der Waals surface area contributed by atoms with Crippen molar-refractivity contribution >= 4 is 11.1 Å². The highest BCUT2D eigenvalue weighted by Crippen LogP contribution is 2.33. The average Bonchev–Trinajstić information content (AvgIpc) is 2.88. The van der Waals surface area contributed by atoms with E-state index >= 15 is 0 Å². The van der Waals surface area contributed by atoms with Gasteiger partial charge in [0, 0.05) is 17.3 Å². The molecule has 2 aromatic heterocycles. The number of nitrogens with one attached hydrogen (secondary N) is 1. The molecule has 3 aromatic rings. The van der Waals surface area contributed by atoms with Crippen LogP contribution in [-0.2, 0) is 12.7 Å². The summed E-state index contributed by atoms with van der Waals surface area (Å²) in [7, 11) is 0. The van der Waals surface area contributed by atoms with Gasteiger partial charge in [-0.05, 0) is 19.1 Å². The third-order valence-corrected chi connectivity index (χ3v) is 3.58. The van der Waals surface area contributed by atoms with Crippen LogP contribution in [0.2, 0.25) is 0 Å². The number of H-pyrrole nitrogens is 1. The fourth-order valence-electron chi connectivity index (χ4n) is 2.52. The molecule has 1 aromatic carbocycles. The molecule has 0 radical (unpaired) electrons. The molecule has 0 aliphatic carbocycles. The lowest BCUT2D eigenvalue weighted by Crippen LogP contribution is -2.23. The molecule has 0 atom stereocenters. The van der Waals surface area contributed by atoms with Crippen LogP contribution >= 0.6 is 0 Å². The Kier molecular flexibility index (Phi) is 3.58. The molecule has 9 heteroatoms. The summed E-state index contributed by atoms with van der Waals surface area (Å²) >= 11 is 0. The van der Waals surface area contributed by atoms with E-state index in [1.165, 1.54) is 13.1 Å². The van der Waals surface area contributed by atoms with Crippen molar-refractivity contribution in [2.24, 2.45) is 0 Å². The van der Waals surface area contributed by atoms with E-state index in [4.69, 9.17) is 4.42 Å². The minimum atomic E-state index is -4.76. The predicted octanol–water partition coefficient (Wildman–Crippen LogP) is 2.80. The Balaban J connectivity index is 2.20. The zero-order valence-electron chi connectivity index (χ0n) is 12.2. The lowest BCUT2D eigenvalue weighted by atomic mass is 10.1. The normalized spacial score (nSPS) is 12.0. The first-order chi connectivity index (χ1) is 11.2. The van der Waals surface area contributed by atoms with Crippen LogP contribution in [0.1, 0.15) is 16.7 Å². The van der Waals surface area contributed by atoms with Gasteiger partial charge in [-0.25, -0.2) is 9.18 Å². The van der Waals surface area contributed by atoms with Crippen molar-refractivity contribution in [2.75, 3.05) is 0 Å². The fraction of sp³-hybridized carbons (Fsp3) is 0.200. The van der Waals surface area contributed by atoms with Crippen molar-refractivity contribution in [3.05, 3.63) is 67.8 Å². The highest BCUT2D eigenvalue weighted by Gasteiger charge is 2.34. The van der Waals surface area contributed by atoms with Gasteiger partial charge in [0.2, 0.25) is 0 Å². The van der Waals surface area contributed by atoms with Gasteiger partial charge in [0.1, 0.15) is 5.82 Å². The van der Waals surface area contributed by atoms with Crippen molar-refractivity contribution < 1.29 is 22.0 Å². The number of aromatic amines is 1. The number of benzene rings is 1. The molecular weight excluding hydrogens is 332 g/mol. The Hall–Kier alpha value is -2.84. The summed E-state index contributed by atoms with van der Waals surface area (Å²) in [5, 5.41) is 0.